The summed E-state index contributed by atoms with van der Waals surface area (Å²) in [6.45, 7) is 2.34. The minimum absolute atomic E-state index is 0.0299. The molecular formula is C13H14N4O2S. The van der Waals surface area contributed by atoms with Gasteiger partial charge in [-0.1, -0.05) is 17.3 Å². The van der Waals surface area contributed by atoms with Gasteiger partial charge in [0.25, 0.3) is 5.91 Å². The van der Waals surface area contributed by atoms with Gasteiger partial charge in [0.2, 0.25) is 0 Å². The summed E-state index contributed by atoms with van der Waals surface area (Å²) in [4.78, 5) is 17.1. The van der Waals surface area contributed by atoms with Crippen LogP contribution in [0.3, 0.4) is 0 Å². The van der Waals surface area contributed by atoms with Gasteiger partial charge >= 0.3 is 0 Å². The lowest BCUT2D eigenvalue weighted by molar-refractivity contribution is 0.0951. The Morgan fingerprint density at radius 2 is 2.25 bits per heavy atom. The molecule has 0 atom stereocenters. The molecule has 2 rings (SSSR count). The third-order valence-electron chi connectivity index (χ3n) is 2.62. The number of aryl methyl sites for hydroxylation is 1. The summed E-state index contributed by atoms with van der Waals surface area (Å²) in [5.41, 5.74) is 6.44. The summed E-state index contributed by atoms with van der Waals surface area (Å²) in [5.74, 6) is -0.249. The van der Waals surface area contributed by atoms with Gasteiger partial charge in [-0.2, -0.15) is 0 Å². The predicted molar refractivity (Wildman–Crippen MR) is 77.0 cm³/mol. The maximum atomic E-state index is 12.0. The Morgan fingerprint density at radius 3 is 2.90 bits per heavy atom. The molecule has 6 nitrogen and oxygen atoms in total. The molecule has 104 valence electrons. The van der Waals surface area contributed by atoms with E-state index in [-0.39, 0.29) is 11.7 Å². The first-order valence-electron chi connectivity index (χ1n) is 5.87. The van der Waals surface area contributed by atoms with Crippen LogP contribution in [0.4, 0.5) is 0 Å². The van der Waals surface area contributed by atoms with Crippen molar-refractivity contribution in [2.45, 2.75) is 13.5 Å². The number of nitrogens with zero attached hydrogens (tertiary/aromatic N) is 2. The van der Waals surface area contributed by atoms with Crippen LogP contribution in [0.25, 0.3) is 0 Å². The van der Waals surface area contributed by atoms with Gasteiger partial charge in [0.1, 0.15) is 0 Å². The second-order valence-corrected chi connectivity index (χ2v) is 5.41. The minimum atomic E-state index is -0.219. The molecule has 0 fully saturated rings. The fourth-order valence-electron chi connectivity index (χ4n) is 1.63. The van der Waals surface area contributed by atoms with Gasteiger partial charge in [0.15, 0.2) is 5.84 Å². The smallest absolute Gasteiger partial charge is 0.251 e. The average molecular weight is 290 g/mol. The zero-order chi connectivity index (χ0) is 14.5. The Bertz CT molecular complexity index is 651. The van der Waals surface area contributed by atoms with Crippen molar-refractivity contribution in [3.63, 3.8) is 0 Å². The van der Waals surface area contributed by atoms with E-state index in [2.05, 4.69) is 15.5 Å². The normalized spacial score (nSPS) is 11.3. The Labute approximate surface area is 120 Å². The van der Waals surface area contributed by atoms with Crippen molar-refractivity contribution < 1.29 is 10.0 Å². The molecule has 20 heavy (non-hydrogen) atoms. The number of carbonyl (C=O) groups excluding carboxylic acids is 1. The summed E-state index contributed by atoms with van der Waals surface area (Å²) in [6.07, 6.45) is 1.74. The second kappa shape index (κ2) is 6.16. The summed E-state index contributed by atoms with van der Waals surface area (Å²) < 4.78 is 0. The number of nitrogens with two attached hydrogens (primary N) is 1. The molecule has 0 bridgehead atoms. The molecule has 0 spiro atoms. The lowest BCUT2D eigenvalue weighted by atomic mass is 10.1. The number of oxime groups is 1. The third kappa shape index (κ3) is 3.33. The molecule has 0 aliphatic carbocycles. The van der Waals surface area contributed by atoms with Gasteiger partial charge in [0, 0.05) is 22.2 Å². The van der Waals surface area contributed by atoms with Gasteiger partial charge in [-0.3, -0.25) is 4.79 Å². The molecule has 1 heterocycles. The van der Waals surface area contributed by atoms with Gasteiger partial charge in [0.05, 0.1) is 11.6 Å². The van der Waals surface area contributed by atoms with E-state index in [9.17, 15) is 4.79 Å². The zero-order valence-electron chi connectivity index (χ0n) is 10.8. The summed E-state index contributed by atoms with van der Waals surface area (Å²) >= 11 is 1.54. The van der Waals surface area contributed by atoms with E-state index in [0.29, 0.717) is 17.7 Å². The molecule has 1 aromatic heterocycles. The van der Waals surface area contributed by atoms with Crippen LogP contribution in [0.1, 0.15) is 25.8 Å². The van der Waals surface area contributed by atoms with E-state index in [1.54, 1.807) is 30.5 Å². The molecule has 0 aliphatic rings. The molecule has 0 saturated carbocycles. The molecule has 0 saturated heterocycles. The SMILES string of the molecule is Cc1ncc(CNC(=O)c2cccc(C(N)=NO)c2)s1. The van der Waals surface area contributed by atoms with Crippen LogP contribution in [0, 0.1) is 6.92 Å². The van der Waals surface area contributed by atoms with Crippen molar-refractivity contribution in [2.24, 2.45) is 10.9 Å². The lowest BCUT2D eigenvalue weighted by Gasteiger charge is -2.05. The topological polar surface area (TPSA) is 101 Å². The molecular weight excluding hydrogens is 276 g/mol. The van der Waals surface area contributed by atoms with Crippen LogP contribution < -0.4 is 11.1 Å². The van der Waals surface area contributed by atoms with Gasteiger partial charge in [-0.15, -0.1) is 11.3 Å². The Hall–Kier alpha value is -2.41. The monoisotopic (exact) mass is 290 g/mol. The minimum Gasteiger partial charge on any atom is -0.409 e. The maximum Gasteiger partial charge on any atom is 0.251 e. The highest BCUT2D eigenvalue weighted by Crippen LogP contribution is 2.11. The fraction of sp³-hybridized carbons (Fsp3) is 0.154. The highest BCUT2D eigenvalue weighted by Gasteiger charge is 2.08. The molecule has 0 aliphatic heterocycles. The highest BCUT2D eigenvalue weighted by atomic mass is 32.1. The maximum absolute atomic E-state index is 12.0. The van der Waals surface area contributed by atoms with Crippen LogP contribution in [0.15, 0.2) is 35.6 Å². The number of nitrogens with one attached hydrogen (secondary N) is 1. The molecule has 0 radical (unpaired) electrons. The predicted octanol–water partition coefficient (Wildman–Crippen LogP) is 1.48. The number of aromatic nitrogens is 1. The number of hydrogen-bond donors (Lipinski definition) is 3. The van der Waals surface area contributed by atoms with Crippen molar-refractivity contribution in [3.05, 3.63) is 51.5 Å². The number of amidine groups is 1. The number of thiazole rings is 1. The van der Waals surface area contributed by atoms with E-state index in [4.69, 9.17) is 10.9 Å². The van der Waals surface area contributed by atoms with Crippen LogP contribution in [-0.4, -0.2) is 21.9 Å². The Balaban J connectivity index is 2.05. The summed E-state index contributed by atoms with van der Waals surface area (Å²) in [6, 6.07) is 6.58. The van der Waals surface area contributed by atoms with Crippen LogP contribution >= 0.6 is 11.3 Å². The highest BCUT2D eigenvalue weighted by molar-refractivity contribution is 7.11. The van der Waals surface area contributed by atoms with Crippen LogP contribution in [0.2, 0.25) is 0 Å². The van der Waals surface area contributed by atoms with Gasteiger partial charge < -0.3 is 16.3 Å². The summed E-state index contributed by atoms with van der Waals surface area (Å²) in [5, 5.41) is 15.3. The third-order valence-corrected chi connectivity index (χ3v) is 3.53. The zero-order valence-corrected chi connectivity index (χ0v) is 11.6. The Morgan fingerprint density at radius 1 is 1.50 bits per heavy atom. The molecule has 2 aromatic rings. The fourth-order valence-corrected chi connectivity index (χ4v) is 2.37. The largest absolute Gasteiger partial charge is 0.409 e. The van der Waals surface area contributed by atoms with Crippen molar-refractivity contribution in [1.82, 2.24) is 10.3 Å². The number of benzene rings is 1. The van der Waals surface area contributed by atoms with Crippen LogP contribution in [-0.2, 0) is 6.54 Å². The van der Waals surface area contributed by atoms with E-state index < -0.39 is 0 Å². The average Bonchev–Trinajstić information content (AvgIpc) is 2.89. The van der Waals surface area contributed by atoms with Crippen molar-refractivity contribution in [2.75, 3.05) is 0 Å². The van der Waals surface area contributed by atoms with Gasteiger partial charge in [-0.05, 0) is 19.1 Å². The first kappa shape index (κ1) is 14.0. The van der Waals surface area contributed by atoms with Crippen molar-refractivity contribution in [3.8, 4) is 0 Å². The number of amides is 1. The second-order valence-electron chi connectivity index (χ2n) is 4.09. The first-order chi connectivity index (χ1) is 9.60. The summed E-state index contributed by atoms with van der Waals surface area (Å²) in [7, 11) is 0. The number of carbonyl (C=O) groups is 1. The molecule has 1 amide bonds. The van der Waals surface area contributed by atoms with Crippen molar-refractivity contribution >= 4 is 23.1 Å². The molecule has 7 heteroatoms. The van der Waals surface area contributed by atoms with E-state index in [0.717, 1.165) is 9.88 Å². The quantitative estimate of drug-likeness (QED) is 0.343. The van der Waals surface area contributed by atoms with E-state index >= 15 is 0 Å². The first-order valence-corrected chi connectivity index (χ1v) is 6.69. The Kier molecular flexibility index (Phi) is 4.31. The number of rotatable bonds is 4. The van der Waals surface area contributed by atoms with Gasteiger partial charge in [-0.25, -0.2) is 4.98 Å². The molecule has 1 aromatic carbocycles. The van der Waals surface area contributed by atoms with Crippen molar-refractivity contribution in [1.29, 1.82) is 0 Å². The molecule has 4 N–H and O–H groups in total. The lowest BCUT2D eigenvalue weighted by Crippen LogP contribution is -2.23. The van der Waals surface area contributed by atoms with Crippen LogP contribution in [0.5, 0.6) is 0 Å². The van der Waals surface area contributed by atoms with E-state index in [1.807, 2.05) is 6.92 Å². The molecule has 0 unspecified atom stereocenters. The van der Waals surface area contributed by atoms with E-state index in [1.165, 1.54) is 11.3 Å². The standard InChI is InChI=1S/C13H14N4O2S/c1-8-15-6-11(20-8)7-16-13(18)10-4-2-3-9(5-10)12(14)17-19/h2-6,19H,7H2,1H3,(H2,14,17)(H,16,18). The number of hydrogen-bond acceptors (Lipinski definition) is 5.